The maximum atomic E-state index is 12.3. The molecule has 0 fully saturated rings. The number of hydrogen-bond donors (Lipinski definition) is 3. The second-order valence-corrected chi connectivity index (χ2v) is 7.52. The van der Waals surface area contributed by atoms with Gasteiger partial charge >= 0.3 is 0 Å². The van der Waals surface area contributed by atoms with Crippen molar-refractivity contribution in [3.63, 3.8) is 0 Å². The van der Waals surface area contributed by atoms with Crippen molar-refractivity contribution >= 4 is 5.91 Å². The molecule has 1 heterocycles. The van der Waals surface area contributed by atoms with Gasteiger partial charge in [-0.05, 0) is 25.5 Å². The first kappa shape index (κ1) is 20.2. The molecule has 0 bridgehead atoms. The van der Waals surface area contributed by atoms with E-state index in [1.54, 1.807) is 0 Å². The van der Waals surface area contributed by atoms with Crippen LogP contribution < -0.4 is 20.1 Å². The van der Waals surface area contributed by atoms with Gasteiger partial charge in [-0.2, -0.15) is 0 Å². The van der Waals surface area contributed by atoms with E-state index in [4.69, 9.17) is 9.47 Å². The Morgan fingerprint density at radius 3 is 2.64 bits per heavy atom. The SMILES string of the molecule is CC(C)(NCC(O)Cc1cccc2c1OCCO2)NC(=O)Cc1ccccc1. The lowest BCUT2D eigenvalue weighted by atomic mass is 10.0. The zero-order chi connectivity index (χ0) is 20.0. The quantitative estimate of drug-likeness (QED) is 0.607. The summed E-state index contributed by atoms with van der Waals surface area (Å²) in [5.74, 6) is 1.36. The van der Waals surface area contributed by atoms with Gasteiger partial charge < -0.3 is 19.9 Å². The van der Waals surface area contributed by atoms with Gasteiger partial charge in [-0.1, -0.05) is 42.5 Å². The predicted octanol–water partition coefficient (Wildman–Crippen LogP) is 2.05. The second kappa shape index (κ2) is 9.08. The second-order valence-electron chi connectivity index (χ2n) is 7.52. The summed E-state index contributed by atoms with van der Waals surface area (Å²) in [5.41, 5.74) is 1.24. The van der Waals surface area contributed by atoms with E-state index in [0.29, 0.717) is 38.3 Å². The van der Waals surface area contributed by atoms with Crippen molar-refractivity contribution in [1.29, 1.82) is 0 Å². The van der Waals surface area contributed by atoms with Gasteiger partial charge in [0.1, 0.15) is 13.2 Å². The smallest absolute Gasteiger partial charge is 0.225 e. The molecule has 1 aliphatic heterocycles. The summed E-state index contributed by atoms with van der Waals surface area (Å²) in [6, 6.07) is 15.3. The minimum atomic E-state index is -0.636. The molecule has 0 radical (unpaired) electrons. The molecule has 2 aromatic rings. The highest BCUT2D eigenvalue weighted by Gasteiger charge is 2.22. The van der Waals surface area contributed by atoms with E-state index >= 15 is 0 Å². The van der Waals surface area contributed by atoms with Crippen LogP contribution in [0.4, 0.5) is 0 Å². The molecule has 0 saturated heterocycles. The highest BCUT2D eigenvalue weighted by Crippen LogP contribution is 2.34. The van der Waals surface area contributed by atoms with Crippen molar-refractivity contribution in [2.75, 3.05) is 19.8 Å². The van der Waals surface area contributed by atoms with Gasteiger partial charge in [0.2, 0.25) is 5.91 Å². The third kappa shape index (κ3) is 5.71. The maximum Gasteiger partial charge on any atom is 0.225 e. The Balaban J connectivity index is 1.49. The van der Waals surface area contributed by atoms with Crippen LogP contribution >= 0.6 is 0 Å². The molecule has 0 saturated carbocycles. The van der Waals surface area contributed by atoms with Crippen LogP contribution in [-0.4, -0.2) is 42.5 Å². The molecule has 3 N–H and O–H groups in total. The van der Waals surface area contributed by atoms with Crippen molar-refractivity contribution in [2.24, 2.45) is 0 Å². The van der Waals surface area contributed by atoms with E-state index in [-0.39, 0.29) is 5.91 Å². The lowest BCUT2D eigenvalue weighted by Gasteiger charge is -2.29. The standard InChI is InChI=1S/C22H28N2O4/c1-22(2,24-20(26)13-16-7-4-3-5-8-16)23-15-18(25)14-17-9-6-10-19-21(17)28-12-11-27-19/h3-10,18,23,25H,11-15H2,1-2H3,(H,24,26). The number of carbonyl (C=O) groups is 1. The molecule has 1 amide bonds. The summed E-state index contributed by atoms with van der Waals surface area (Å²) in [4.78, 5) is 12.3. The third-order valence-electron chi connectivity index (χ3n) is 4.54. The fourth-order valence-electron chi connectivity index (χ4n) is 3.21. The number of fused-ring (bicyclic) bond motifs is 1. The summed E-state index contributed by atoms with van der Waals surface area (Å²) in [6.45, 7) is 5.15. The van der Waals surface area contributed by atoms with Crippen LogP contribution in [0.3, 0.4) is 0 Å². The third-order valence-corrected chi connectivity index (χ3v) is 4.54. The van der Waals surface area contributed by atoms with Crippen LogP contribution in [0.1, 0.15) is 25.0 Å². The molecule has 0 aliphatic carbocycles. The molecule has 28 heavy (non-hydrogen) atoms. The molecule has 6 nitrogen and oxygen atoms in total. The number of ether oxygens (including phenoxy) is 2. The minimum absolute atomic E-state index is 0.0686. The van der Waals surface area contributed by atoms with Gasteiger partial charge in [0.15, 0.2) is 11.5 Å². The van der Waals surface area contributed by atoms with Crippen LogP contribution in [0, 0.1) is 0 Å². The van der Waals surface area contributed by atoms with Gasteiger partial charge in [0, 0.05) is 18.5 Å². The summed E-state index contributed by atoms with van der Waals surface area (Å²) in [6.07, 6.45) is 0.137. The van der Waals surface area contributed by atoms with Crippen molar-refractivity contribution in [1.82, 2.24) is 10.6 Å². The number of nitrogens with one attached hydrogen (secondary N) is 2. The Bertz CT molecular complexity index is 792. The fraction of sp³-hybridized carbons (Fsp3) is 0.409. The van der Waals surface area contributed by atoms with E-state index < -0.39 is 11.8 Å². The summed E-state index contributed by atoms with van der Waals surface area (Å²) in [7, 11) is 0. The number of amides is 1. The molecule has 0 aromatic heterocycles. The van der Waals surface area contributed by atoms with Crippen LogP contribution in [0.5, 0.6) is 11.5 Å². The Morgan fingerprint density at radius 2 is 1.86 bits per heavy atom. The Labute approximate surface area is 165 Å². The predicted molar refractivity (Wildman–Crippen MR) is 108 cm³/mol. The zero-order valence-corrected chi connectivity index (χ0v) is 16.4. The molecule has 1 unspecified atom stereocenters. The average molecular weight is 384 g/mol. The van der Waals surface area contributed by atoms with Crippen molar-refractivity contribution in [2.45, 2.75) is 38.5 Å². The summed E-state index contributed by atoms with van der Waals surface area (Å²) in [5, 5.41) is 16.7. The number of aliphatic hydroxyl groups excluding tert-OH is 1. The van der Waals surface area contributed by atoms with Gasteiger partial charge in [-0.3, -0.25) is 10.1 Å². The Hall–Kier alpha value is -2.57. The van der Waals surface area contributed by atoms with Crippen LogP contribution in [-0.2, 0) is 17.6 Å². The number of benzene rings is 2. The lowest BCUT2D eigenvalue weighted by molar-refractivity contribution is -0.122. The molecule has 1 atom stereocenters. The van der Waals surface area contributed by atoms with E-state index in [0.717, 1.165) is 16.9 Å². The largest absolute Gasteiger partial charge is 0.486 e. The van der Waals surface area contributed by atoms with Crippen LogP contribution in [0.2, 0.25) is 0 Å². The van der Waals surface area contributed by atoms with Crippen molar-refractivity contribution in [3.05, 3.63) is 59.7 Å². The van der Waals surface area contributed by atoms with E-state index in [9.17, 15) is 9.90 Å². The first-order valence-electron chi connectivity index (χ1n) is 9.58. The first-order valence-corrected chi connectivity index (χ1v) is 9.58. The van der Waals surface area contributed by atoms with Gasteiger partial charge in [0.25, 0.3) is 0 Å². The summed E-state index contributed by atoms with van der Waals surface area (Å²) >= 11 is 0. The Kier molecular flexibility index (Phi) is 6.54. The minimum Gasteiger partial charge on any atom is -0.486 e. The number of rotatable bonds is 8. The maximum absolute atomic E-state index is 12.3. The highest BCUT2D eigenvalue weighted by molar-refractivity contribution is 5.79. The zero-order valence-electron chi connectivity index (χ0n) is 16.4. The van der Waals surface area contributed by atoms with E-state index in [1.165, 1.54) is 0 Å². The molecule has 3 rings (SSSR count). The molecule has 1 aliphatic rings. The van der Waals surface area contributed by atoms with Gasteiger partial charge in [0.05, 0.1) is 18.2 Å². The molecule has 6 heteroatoms. The summed E-state index contributed by atoms with van der Waals surface area (Å²) < 4.78 is 11.3. The first-order chi connectivity index (χ1) is 13.4. The van der Waals surface area contributed by atoms with Crippen LogP contribution in [0.15, 0.2) is 48.5 Å². The molecular weight excluding hydrogens is 356 g/mol. The lowest BCUT2D eigenvalue weighted by Crippen LogP contribution is -2.56. The topological polar surface area (TPSA) is 79.8 Å². The van der Waals surface area contributed by atoms with Gasteiger partial charge in [-0.15, -0.1) is 0 Å². The molecule has 2 aromatic carbocycles. The van der Waals surface area contributed by atoms with Crippen molar-refractivity contribution < 1.29 is 19.4 Å². The molecular formula is C22H28N2O4. The van der Waals surface area contributed by atoms with Gasteiger partial charge in [-0.25, -0.2) is 0 Å². The fourth-order valence-corrected chi connectivity index (χ4v) is 3.21. The highest BCUT2D eigenvalue weighted by atomic mass is 16.6. The Morgan fingerprint density at radius 1 is 1.11 bits per heavy atom. The number of carbonyl (C=O) groups excluding carboxylic acids is 1. The molecule has 150 valence electrons. The van der Waals surface area contributed by atoms with Crippen LogP contribution in [0.25, 0.3) is 0 Å². The number of aliphatic hydroxyl groups is 1. The molecule has 0 spiro atoms. The average Bonchev–Trinajstić information content (AvgIpc) is 2.67. The monoisotopic (exact) mass is 384 g/mol. The number of para-hydroxylation sites is 1. The van der Waals surface area contributed by atoms with E-state index in [2.05, 4.69) is 10.6 Å². The van der Waals surface area contributed by atoms with E-state index in [1.807, 2.05) is 62.4 Å². The number of hydrogen-bond acceptors (Lipinski definition) is 5. The van der Waals surface area contributed by atoms with Crippen molar-refractivity contribution in [3.8, 4) is 11.5 Å². The normalized spacial score (nSPS) is 14.4.